The molecule has 0 radical (unpaired) electrons. The van der Waals surface area contributed by atoms with Gasteiger partial charge in [-0.3, -0.25) is 4.79 Å². The first-order valence-electron chi connectivity index (χ1n) is 8.16. The van der Waals surface area contributed by atoms with Gasteiger partial charge in [0, 0.05) is 25.6 Å². The Bertz CT molecular complexity index is 910. The summed E-state index contributed by atoms with van der Waals surface area (Å²) in [7, 11) is -3.77. The molecule has 1 aliphatic heterocycles. The van der Waals surface area contributed by atoms with Gasteiger partial charge in [-0.05, 0) is 47.5 Å². The molecule has 138 valence electrons. The molecule has 26 heavy (non-hydrogen) atoms. The van der Waals surface area contributed by atoms with Gasteiger partial charge in [0.1, 0.15) is 5.75 Å². The third-order valence-corrected chi connectivity index (χ3v) is 5.49. The molecule has 1 atom stereocenters. The summed E-state index contributed by atoms with van der Waals surface area (Å²) in [4.78, 5) is 11.1. The Morgan fingerprint density at radius 1 is 1.23 bits per heavy atom. The van der Waals surface area contributed by atoms with Crippen molar-refractivity contribution in [1.82, 2.24) is 4.72 Å². The number of rotatable bonds is 6. The summed E-state index contributed by atoms with van der Waals surface area (Å²) in [5.74, 6) is 0.572. The van der Waals surface area contributed by atoms with Gasteiger partial charge >= 0.3 is 0 Å². The van der Waals surface area contributed by atoms with E-state index in [-0.39, 0.29) is 17.3 Å². The van der Waals surface area contributed by atoms with Crippen molar-refractivity contribution in [2.75, 3.05) is 18.5 Å². The SMILES string of the molecule is CC(=O)Nc1ccc(S(=O)(=O)NC[C@H](O)c2ccc3c(c2)CCO3)cc1. The minimum absolute atomic E-state index is 0.0566. The molecule has 0 aromatic heterocycles. The predicted molar refractivity (Wildman–Crippen MR) is 96.5 cm³/mol. The number of aliphatic hydroxyl groups excluding tert-OH is 1. The van der Waals surface area contributed by atoms with Gasteiger partial charge in [0.25, 0.3) is 0 Å². The van der Waals surface area contributed by atoms with Crippen LogP contribution in [0.2, 0.25) is 0 Å². The van der Waals surface area contributed by atoms with Crippen LogP contribution in [0.15, 0.2) is 47.4 Å². The first-order valence-corrected chi connectivity index (χ1v) is 9.64. The average Bonchev–Trinajstić information content (AvgIpc) is 3.07. The summed E-state index contributed by atoms with van der Waals surface area (Å²) in [6.45, 7) is 1.85. The lowest BCUT2D eigenvalue weighted by molar-refractivity contribution is -0.114. The van der Waals surface area contributed by atoms with Crippen LogP contribution in [-0.4, -0.2) is 32.6 Å². The second-order valence-electron chi connectivity index (χ2n) is 6.04. The van der Waals surface area contributed by atoms with E-state index in [1.54, 1.807) is 12.1 Å². The number of fused-ring (bicyclic) bond motifs is 1. The number of carbonyl (C=O) groups is 1. The van der Waals surface area contributed by atoms with E-state index < -0.39 is 16.1 Å². The minimum atomic E-state index is -3.77. The summed E-state index contributed by atoms with van der Waals surface area (Å²) >= 11 is 0. The number of ether oxygens (including phenoxy) is 1. The lowest BCUT2D eigenvalue weighted by atomic mass is 10.0. The van der Waals surface area contributed by atoms with Crippen molar-refractivity contribution in [1.29, 1.82) is 0 Å². The fraction of sp³-hybridized carbons (Fsp3) is 0.278. The summed E-state index contributed by atoms with van der Waals surface area (Å²) < 4.78 is 32.5. The molecular weight excluding hydrogens is 356 g/mol. The molecule has 0 fully saturated rings. The van der Waals surface area contributed by atoms with Crippen molar-refractivity contribution < 1.29 is 23.1 Å². The maximum Gasteiger partial charge on any atom is 0.240 e. The van der Waals surface area contributed by atoms with Crippen LogP contribution in [0, 0.1) is 0 Å². The van der Waals surface area contributed by atoms with Crippen molar-refractivity contribution in [3.63, 3.8) is 0 Å². The molecule has 1 heterocycles. The molecule has 0 saturated carbocycles. The molecular formula is C18H20N2O5S. The fourth-order valence-electron chi connectivity index (χ4n) is 2.72. The number of carbonyl (C=O) groups excluding carboxylic acids is 1. The van der Waals surface area contributed by atoms with Crippen LogP contribution in [0.4, 0.5) is 5.69 Å². The highest BCUT2D eigenvalue weighted by atomic mass is 32.2. The maximum absolute atomic E-state index is 12.4. The molecule has 2 aromatic carbocycles. The molecule has 2 aromatic rings. The largest absolute Gasteiger partial charge is 0.493 e. The molecule has 0 aliphatic carbocycles. The number of benzene rings is 2. The second-order valence-corrected chi connectivity index (χ2v) is 7.81. The van der Waals surface area contributed by atoms with Gasteiger partial charge in [0.2, 0.25) is 15.9 Å². The van der Waals surface area contributed by atoms with Gasteiger partial charge in [0.05, 0.1) is 17.6 Å². The predicted octanol–water partition coefficient (Wildman–Crippen LogP) is 1.59. The van der Waals surface area contributed by atoms with Crippen molar-refractivity contribution in [3.05, 3.63) is 53.6 Å². The normalized spacial score (nSPS) is 14.4. The third-order valence-electron chi connectivity index (χ3n) is 4.05. The highest BCUT2D eigenvalue weighted by molar-refractivity contribution is 7.89. The Morgan fingerprint density at radius 3 is 2.65 bits per heavy atom. The molecule has 0 unspecified atom stereocenters. The molecule has 1 amide bonds. The first-order chi connectivity index (χ1) is 12.3. The number of anilines is 1. The molecule has 3 N–H and O–H groups in total. The van der Waals surface area contributed by atoms with Crippen molar-refractivity contribution >= 4 is 21.6 Å². The van der Waals surface area contributed by atoms with E-state index >= 15 is 0 Å². The van der Waals surface area contributed by atoms with E-state index in [2.05, 4.69) is 10.0 Å². The lowest BCUT2D eigenvalue weighted by Crippen LogP contribution is -2.28. The van der Waals surface area contributed by atoms with Gasteiger partial charge in [-0.15, -0.1) is 0 Å². The van der Waals surface area contributed by atoms with Crippen LogP contribution >= 0.6 is 0 Å². The molecule has 0 bridgehead atoms. The molecule has 1 aliphatic rings. The standard InChI is InChI=1S/C18H20N2O5S/c1-12(21)20-15-3-5-16(6-4-15)26(23,24)19-11-17(22)13-2-7-18-14(10-13)8-9-25-18/h2-7,10,17,19,22H,8-9,11H2,1H3,(H,20,21)/t17-/m0/s1. The van der Waals surface area contributed by atoms with Gasteiger partial charge < -0.3 is 15.2 Å². The van der Waals surface area contributed by atoms with E-state index in [0.717, 1.165) is 17.7 Å². The minimum Gasteiger partial charge on any atom is -0.493 e. The van der Waals surface area contributed by atoms with Gasteiger partial charge in [-0.2, -0.15) is 0 Å². The highest BCUT2D eigenvalue weighted by Gasteiger charge is 2.19. The first kappa shape index (κ1) is 18.4. The number of sulfonamides is 1. The Balaban J connectivity index is 1.65. The lowest BCUT2D eigenvalue weighted by Gasteiger charge is -2.14. The average molecular weight is 376 g/mol. The Labute approximate surface area is 152 Å². The number of hydrogen-bond donors (Lipinski definition) is 3. The van der Waals surface area contributed by atoms with Crippen molar-refractivity contribution in [2.24, 2.45) is 0 Å². The van der Waals surface area contributed by atoms with Gasteiger partial charge in [0.15, 0.2) is 0 Å². The van der Waals surface area contributed by atoms with E-state index in [9.17, 15) is 18.3 Å². The summed E-state index contributed by atoms with van der Waals surface area (Å²) in [5, 5.41) is 12.9. The zero-order chi connectivity index (χ0) is 18.7. The summed E-state index contributed by atoms with van der Waals surface area (Å²) in [6, 6.07) is 11.2. The van der Waals surface area contributed by atoms with Crippen LogP contribution in [0.5, 0.6) is 5.75 Å². The van der Waals surface area contributed by atoms with Crippen LogP contribution < -0.4 is 14.8 Å². The van der Waals surface area contributed by atoms with Crippen LogP contribution in [0.1, 0.15) is 24.2 Å². The van der Waals surface area contributed by atoms with Crippen LogP contribution in [0.25, 0.3) is 0 Å². The summed E-state index contributed by atoms with van der Waals surface area (Å²) in [6.07, 6.45) is -0.184. The monoisotopic (exact) mass is 376 g/mol. The van der Waals surface area contributed by atoms with Crippen LogP contribution in [0.3, 0.4) is 0 Å². The molecule has 3 rings (SSSR count). The van der Waals surface area contributed by atoms with Crippen molar-refractivity contribution in [3.8, 4) is 5.75 Å². The maximum atomic E-state index is 12.4. The smallest absolute Gasteiger partial charge is 0.240 e. The molecule has 0 saturated heterocycles. The molecule has 7 nitrogen and oxygen atoms in total. The quantitative estimate of drug-likeness (QED) is 0.710. The number of amides is 1. The number of nitrogens with one attached hydrogen (secondary N) is 2. The zero-order valence-electron chi connectivity index (χ0n) is 14.2. The number of hydrogen-bond acceptors (Lipinski definition) is 5. The van der Waals surface area contributed by atoms with E-state index in [0.29, 0.717) is 17.9 Å². The molecule has 8 heteroatoms. The van der Waals surface area contributed by atoms with Gasteiger partial charge in [-0.1, -0.05) is 6.07 Å². The summed E-state index contributed by atoms with van der Waals surface area (Å²) in [5.41, 5.74) is 2.16. The number of aliphatic hydroxyl groups is 1. The Kier molecular flexibility index (Phi) is 5.26. The molecule has 0 spiro atoms. The van der Waals surface area contributed by atoms with Crippen LogP contribution in [-0.2, 0) is 21.2 Å². The van der Waals surface area contributed by atoms with E-state index in [4.69, 9.17) is 4.74 Å². The third kappa shape index (κ3) is 4.21. The highest BCUT2D eigenvalue weighted by Crippen LogP contribution is 2.28. The zero-order valence-corrected chi connectivity index (χ0v) is 15.0. The van der Waals surface area contributed by atoms with Crippen molar-refractivity contribution in [2.45, 2.75) is 24.3 Å². The fourth-order valence-corrected chi connectivity index (χ4v) is 3.76. The van der Waals surface area contributed by atoms with E-state index in [1.165, 1.54) is 31.2 Å². The van der Waals surface area contributed by atoms with Gasteiger partial charge in [-0.25, -0.2) is 13.1 Å². The Hall–Kier alpha value is -2.42. The Morgan fingerprint density at radius 2 is 1.96 bits per heavy atom. The topological polar surface area (TPSA) is 105 Å². The second kappa shape index (κ2) is 7.45. The van der Waals surface area contributed by atoms with E-state index in [1.807, 2.05) is 6.07 Å².